The number of benzene rings is 1. The van der Waals surface area contributed by atoms with E-state index < -0.39 is 0 Å². The predicted molar refractivity (Wildman–Crippen MR) is 90.7 cm³/mol. The Bertz CT molecular complexity index is 824. The molecule has 2 aromatic rings. The Balaban J connectivity index is 1.57. The van der Waals surface area contributed by atoms with Crippen LogP contribution >= 0.6 is 0 Å². The highest BCUT2D eigenvalue weighted by Crippen LogP contribution is 2.72. The van der Waals surface area contributed by atoms with Gasteiger partial charge < -0.3 is 10.1 Å². The third-order valence-corrected chi connectivity index (χ3v) is 7.74. The third-order valence-electron chi connectivity index (χ3n) is 7.74. The van der Waals surface area contributed by atoms with Gasteiger partial charge in [-0.3, -0.25) is 4.90 Å². The summed E-state index contributed by atoms with van der Waals surface area (Å²) in [5.41, 5.74) is 4.81. The van der Waals surface area contributed by atoms with Gasteiger partial charge in [0.15, 0.2) is 0 Å². The molecule has 3 unspecified atom stereocenters. The molecule has 5 aliphatic rings. The molecule has 4 fully saturated rings. The van der Waals surface area contributed by atoms with Crippen LogP contribution in [-0.2, 0) is 6.42 Å². The van der Waals surface area contributed by atoms with Crippen molar-refractivity contribution >= 4 is 10.9 Å². The van der Waals surface area contributed by atoms with Crippen LogP contribution in [0.2, 0.25) is 0 Å². The molecule has 1 aromatic carbocycles. The van der Waals surface area contributed by atoms with Crippen LogP contribution in [-0.4, -0.2) is 34.1 Å². The lowest BCUT2D eigenvalue weighted by Gasteiger charge is -2.53. The normalized spacial score (nSPS) is 43.1. The van der Waals surface area contributed by atoms with Crippen LogP contribution < -0.4 is 0 Å². The molecular weight excluding hydrogens is 284 g/mol. The van der Waals surface area contributed by atoms with Gasteiger partial charge in [0, 0.05) is 41.6 Å². The molecule has 6 atom stereocenters. The number of phenolic OH excluding ortho intramolecular Hbond substituents is 1. The van der Waals surface area contributed by atoms with Gasteiger partial charge in [-0.1, -0.05) is 6.92 Å². The van der Waals surface area contributed by atoms with Gasteiger partial charge in [-0.25, -0.2) is 0 Å². The Morgan fingerprint density at radius 2 is 2.30 bits per heavy atom. The number of aromatic nitrogens is 1. The van der Waals surface area contributed by atoms with E-state index in [1.807, 2.05) is 18.2 Å². The molecule has 0 amide bonds. The van der Waals surface area contributed by atoms with Gasteiger partial charge in [-0.2, -0.15) is 0 Å². The SMILES string of the molecule is CCC12C[C@H]1[C@H]1C[C@H]3c4[nH]c5ccc(O)cc5c4CCN(C1)C32. The summed E-state index contributed by atoms with van der Waals surface area (Å²) in [6.07, 6.45) is 5.33. The topological polar surface area (TPSA) is 39.3 Å². The summed E-state index contributed by atoms with van der Waals surface area (Å²) < 4.78 is 0. The molecule has 3 nitrogen and oxygen atoms in total. The highest BCUT2D eigenvalue weighted by atomic mass is 16.3. The monoisotopic (exact) mass is 308 g/mol. The second-order valence-electron chi connectivity index (χ2n) is 8.44. The maximum absolute atomic E-state index is 9.92. The van der Waals surface area contributed by atoms with Crippen LogP contribution in [0, 0.1) is 17.3 Å². The van der Waals surface area contributed by atoms with Crippen molar-refractivity contribution in [3.05, 3.63) is 29.5 Å². The first-order valence-corrected chi connectivity index (χ1v) is 9.29. The Kier molecular flexibility index (Phi) is 2.21. The number of H-pyrrole nitrogens is 1. The molecular formula is C20H24N2O. The number of aromatic amines is 1. The molecule has 2 saturated carbocycles. The van der Waals surface area contributed by atoms with Crippen molar-refractivity contribution in [2.24, 2.45) is 17.3 Å². The van der Waals surface area contributed by atoms with Crippen LogP contribution in [0.1, 0.15) is 43.4 Å². The number of phenols is 1. The molecule has 0 spiro atoms. The first kappa shape index (κ1) is 12.9. The van der Waals surface area contributed by atoms with Gasteiger partial charge in [0.25, 0.3) is 0 Å². The summed E-state index contributed by atoms with van der Waals surface area (Å²) in [5, 5.41) is 11.2. The minimum atomic E-state index is 0.389. The molecule has 2 aliphatic carbocycles. The van der Waals surface area contributed by atoms with Crippen molar-refractivity contribution in [3.8, 4) is 5.75 Å². The van der Waals surface area contributed by atoms with Crippen LogP contribution in [0.3, 0.4) is 0 Å². The molecule has 3 aliphatic heterocycles. The van der Waals surface area contributed by atoms with Crippen molar-refractivity contribution in [2.75, 3.05) is 13.1 Å². The summed E-state index contributed by atoms with van der Waals surface area (Å²) in [4.78, 5) is 6.59. The molecule has 0 radical (unpaired) electrons. The lowest BCUT2D eigenvalue weighted by molar-refractivity contribution is -0.0209. The van der Waals surface area contributed by atoms with Gasteiger partial charge in [0.05, 0.1) is 0 Å². The van der Waals surface area contributed by atoms with E-state index in [1.54, 1.807) is 0 Å². The number of piperidine rings is 2. The van der Waals surface area contributed by atoms with Gasteiger partial charge in [0.2, 0.25) is 0 Å². The fraction of sp³-hybridized carbons (Fsp3) is 0.600. The van der Waals surface area contributed by atoms with Crippen molar-refractivity contribution in [2.45, 2.75) is 44.6 Å². The highest BCUT2D eigenvalue weighted by Gasteiger charge is 2.70. The largest absolute Gasteiger partial charge is 0.508 e. The summed E-state index contributed by atoms with van der Waals surface area (Å²) in [7, 11) is 0. The van der Waals surface area contributed by atoms with Crippen molar-refractivity contribution in [3.63, 3.8) is 0 Å². The highest BCUT2D eigenvalue weighted by molar-refractivity contribution is 5.86. The minimum Gasteiger partial charge on any atom is -0.508 e. The van der Waals surface area contributed by atoms with E-state index in [-0.39, 0.29) is 0 Å². The molecule has 3 heteroatoms. The number of rotatable bonds is 1. The summed E-state index contributed by atoms with van der Waals surface area (Å²) in [6, 6.07) is 6.57. The van der Waals surface area contributed by atoms with Crippen molar-refractivity contribution in [1.29, 1.82) is 0 Å². The fourth-order valence-electron chi connectivity index (χ4n) is 6.80. The van der Waals surface area contributed by atoms with E-state index in [4.69, 9.17) is 0 Å². The van der Waals surface area contributed by atoms with E-state index in [2.05, 4.69) is 16.8 Å². The van der Waals surface area contributed by atoms with E-state index >= 15 is 0 Å². The average molecular weight is 308 g/mol. The second kappa shape index (κ2) is 3.94. The van der Waals surface area contributed by atoms with Crippen molar-refractivity contribution in [1.82, 2.24) is 9.88 Å². The smallest absolute Gasteiger partial charge is 0.116 e. The zero-order chi connectivity index (χ0) is 15.3. The van der Waals surface area contributed by atoms with Crippen LogP contribution in [0.5, 0.6) is 5.75 Å². The van der Waals surface area contributed by atoms with Crippen molar-refractivity contribution < 1.29 is 5.11 Å². The zero-order valence-corrected chi connectivity index (χ0v) is 13.7. The molecule has 2 N–H and O–H groups in total. The molecule has 1 aromatic heterocycles. The second-order valence-corrected chi connectivity index (χ2v) is 8.44. The fourth-order valence-corrected chi connectivity index (χ4v) is 6.80. The lowest BCUT2D eigenvalue weighted by atomic mass is 9.65. The van der Waals surface area contributed by atoms with E-state index in [0.29, 0.717) is 17.1 Å². The van der Waals surface area contributed by atoms with E-state index in [1.165, 1.54) is 54.5 Å². The van der Waals surface area contributed by atoms with E-state index in [0.717, 1.165) is 24.3 Å². The molecule has 7 rings (SSSR count). The maximum Gasteiger partial charge on any atom is 0.116 e. The number of nitrogens with one attached hydrogen (secondary N) is 1. The lowest BCUT2D eigenvalue weighted by Crippen LogP contribution is -2.57. The molecule has 120 valence electrons. The Morgan fingerprint density at radius 1 is 1.39 bits per heavy atom. The minimum absolute atomic E-state index is 0.389. The molecule has 4 bridgehead atoms. The van der Waals surface area contributed by atoms with Crippen LogP contribution in [0.25, 0.3) is 10.9 Å². The summed E-state index contributed by atoms with van der Waals surface area (Å²) in [5.74, 6) is 3.00. The Morgan fingerprint density at radius 3 is 3.17 bits per heavy atom. The van der Waals surface area contributed by atoms with Gasteiger partial charge in [-0.05, 0) is 66.7 Å². The number of fused-ring (bicyclic) bond motifs is 3. The molecule has 2 saturated heterocycles. The first-order valence-electron chi connectivity index (χ1n) is 9.29. The van der Waals surface area contributed by atoms with Gasteiger partial charge in [0.1, 0.15) is 5.75 Å². The predicted octanol–water partition coefficient (Wildman–Crippen LogP) is 3.63. The Labute approximate surface area is 136 Å². The standard InChI is InChI=1S/C20H24N2O/c1-2-20-9-16(20)11-7-15-18-13(5-6-22(10-11)19(15)20)14-8-12(23)3-4-17(14)21-18/h3-4,8,11,15-16,19,21,23H,2,5-7,9-10H2,1H3/t11-,15-,16-,19?,20?/m0/s1. The first-order chi connectivity index (χ1) is 11.2. The van der Waals surface area contributed by atoms with Gasteiger partial charge in [-0.15, -0.1) is 0 Å². The zero-order valence-electron chi connectivity index (χ0n) is 13.7. The van der Waals surface area contributed by atoms with Crippen LogP contribution in [0.15, 0.2) is 18.2 Å². The number of hydrogen-bond acceptors (Lipinski definition) is 2. The summed E-state index contributed by atoms with van der Waals surface area (Å²) in [6.45, 7) is 4.95. The summed E-state index contributed by atoms with van der Waals surface area (Å²) >= 11 is 0. The quantitative estimate of drug-likeness (QED) is 0.844. The Hall–Kier alpha value is -1.48. The average Bonchev–Trinajstić information content (AvgIpc) is 3.26. The maximum atomic E-state index is 9.92. The number of hydrogen-bond donors (Lipinski definition) is 2. The third kappa shape index (κ3) is 1.42. The molecule has 4 heterocycles. The van der Waals surface area contributed by atoms with Crippen LogP contribution in [0.4, 0.5) is 0 Å². The van der Waals surface area contributed by atoms with E-state index in [9.17, 15) is 5.11 Å². The molecule has 23 heavy (non-hydrogen) atoms. The number of aromatic hydroxyl groups is 1. The number of nitrogens with zero attached hydrogens (tertiary/aromatic N) is 1. The van der Waals surface area contributed by atoms with Gasteiger partial charge >= 0.3 is 0 Å².